The fourth-order valence-electron chi connectivity index (χ4n) is 3.27. The first kappa shape index (κ1) is 21.0. The molecule has 2 heterocycles. The molecule has 9 heteroatoms. The van der Waals surface area contributed by atoms with Crippen molar-refractivity contribution in [2.24, 2.45) is 0 Å². The summed E-state index contributed by atoms with van der Waals surface area (Å²) < 4.78 is 33.6. The van der Waals surface area contributed by atoms with E-state index < -0.39 is 23.6 Å². The quantitative estimate of drug-likeness (QED) is 0.502. The van der Waals surface area contributed by atoms with Crippen molar-refractivity contribution in [1.82, 2.24) is 9.38 Å². The van der Waals surface area contributed by atoms with Crippen LogP contribution in [0.15, 0.2) is 67.0 Å². The monoisotopic (exact) mass is 436 g/mol. The van der Waals surface area contributed by atoms with Crippen molar-refractivity contribution >= 4 is 29.0 Å². The maximum absolute atomic E-state index is 14.1. The minimum absolute atomic E-state index is 0.0314. The number of nitrogens with zero attached hydrogens (tertiary/aromatic N) is 3. The number of amides is 2. The van der Waals surface area contributed by atoms with Crippen molar-refractivity contribution in [3.05, 3.63) is 84.2 Å². The van der Waals surface area contributed by atoms with Gasteiger partial charge in [0, 0.05) is 30.6 Å². The van der Waals surface area contributed by atoms with Crippen LogP contribution in [0.5, 0.6) is 0 Å². The summed E-state index contributed by atoms with van der Waals surface area (Å²) in [6, 6.07) is 13.3. The van der Waals surface area contributed by atoms with E-state index in [2.05, 4.69) is 15.0 Å². The topological polar surface area (TPSA) is 75.9 Å². The van der Waals surface area contributed by atoms with Gasteiger partial charge in [0.2, 0.25) is 0 Å². The number of benzene rings is 2. The Labute approximate surface area is 181 Å². The van der Waals surface area contributed by atoms with E-state index in [0.717, 1.165) is 28.3 Å². The molecule has 7 nitrogen and oxygen atoms in total. The molecule has 0 bridgehead atoms. The van der Waals surface area contributed by atoms with Crippen molar-refractivity contribution in [1.29, 1.82) is 0 Å². The highest BCUT2D eigenvalue weighted by Crippen LogP contribution is 2.25. The number of carbonyl (C=O) groups excluding carboxylic acids is 2. The molecule has 2 aromatic carbocycles. The van der Waals surface area contributed by atoms with E-state index >= 15 is 0 Å². The average Bonchev–Trinajstić information content (AvgIpc) is 3.22. The first-order valence-corrected chi connectivity index (χ1v) is 9.53. The van der Waals surface area contributed by atoms with E-state index in [1.54, 1.807) is 53.2 Å². The molecule has 32 heavy (non-hydrogen) atoms. The fourth-order valence-corrected chi connectivity index (χ4v) is 3.27. The lowest BCUT2D eigenvalue weighted by molar-refractivity contribution is 0.0991. The first-order valence-electron chi connectivity index (χ1n) is 9.53. The normalized spacial score (nSPS) is 10.8. The predicted octanol–water partition coefficient (Wildman–Crippen LogP) is 4.73. The van der Waals surface area contributed by atoms with Gasteiger partial charge in [-0.2, -0.15) is 0 Å². The van der Waals surface area contributed by atoms with Crippen LogP contribution in [0.4, 0.5) is 25.0 Å². The van der Waals surface area contributed by atoms with Gasteiger partial charge in [-0.1, -0.05) is 12.1 Å². The second-order valence-corrected chi connectivity index (χ2v) is 6.94. The van der Waals surface area contributed by atoms with Crippen LogP contribution in [0.3, 0.4) is 0 Å². The molecule has 0 aliphatic heterocycles. The number of fused-ring (bicyclic) bond motifs is 1. The van der Waals surface area contributed by atoms with E-state index in [1.165, 1.54) is 20.2 Å². The van der Waals surface area contributed by atoms with Gasteiger partial charge in [0.05, 0.1) is 30.3 Å². The zero-order chi connectivity index (χ0) is 22.8. The summed E-state index contributed by atoms with van der Waals surface area (Å²) >= 11 is 0. The highest BCUT2D eigenvalue weighted by atomic mass is 19.1. The molecule has 0 unspecified atom stereocenters. The lowest BCUT2D eigenvalue weighted by atomic mass is 10.1. The third kappa shape index (κ3) is 4.00. The number of methoxy groups -OCH3 is 1. The number of hydrogen-bond acceptors (Lipinski definition) is 4. The summed E-state index contributed by atoms with van der Waals surface area (Å²) in [5.41, 5.74) is 2.96. The molecule has 0 radical (unpaired) electrons. The number of aromatic nitrogens is 2. The van der Waals surface area contributed by atoms with Crippen LogP contribution in [0.2, 0.25) is 0 Å². The summed E-state index contributed by atoms with van der Waals surface area (Å²) in [6.07, 6.45) is 2.70. The van der Waals surface area contributed by atoms with Gasteiger partial charge in [-0.15, -0.1) is 0 Å². The Hall–Kier alpha value is -4.27. The lowest BCUT2D eigenvalue weighted by Gasteiger charge is -2.18. The number of imidazole rings is 1. The van der Waals surface area contributed by atoms with Crippen molar-refractivity contribution in [3.8, 4) is 11.3 Å². The molecule has 0 spiro atoms. The van der Waals surface area contributed by atoms with Gasteiger partial charge in [0.15, 0.2) is 0 Å². The number of anilines is 2. The van der Waals surface area contributed by atoms with Crippen LogP contribution >= 0.6 is 0 Å². The molecule has 0 saturated heterocycles. The minimum atomic E-state index is -0.828. The number of rotatable bonds is 4. The summed E-state index contributed by atoms with van der Waals surface area (Å²) in [5.74, 6) is -2.01. The van der Waals surface area contributed by atoms with E-state index in [1.807, 2.05) is 0 Å². The predicted molar refractivity (Wildman–Crippen MR) is 116 cm³/mol. The fraction of sp³-hybridized carbons (Fsp3) is 0.0870. The van der Waals surface area contributed by atoms with Crippen molar-refractivity contribution in [2.75, 3.05) is 24.4 Å². The van der Waals surface area contributed by atoms with Crippen molar-refractivity contribution < 1.29 is 23.1 Å². The molecule has 0 aliphatic carbocycles. The van der Waals surface area contributed by atoms with E-state index in [9.17, 15) is 18.4 Å². The molecule has 1 N–H and O–H groups in total. The Morgan fingerprint density at radius 1 is 1.06 bits per heavy atom. The maximum Gasteiger partial charge on any atom is 0.411 e. The molecule has 2 amide bonds. The van der Waals surface area contributed by atoms with Crippen LogP contribution in [0, 0.1) is 11.6 Å². The van der Waals surface area contributed by atoms with Gasteiger partial charge in [-0.25, -0.2) is 18.6 Å². The molecule has 4 aromatic rings. The highest BCUT2D eigenvalue weighted by Gasteiger charge is 2.18. The van der Waals surface area contributed by atoms with Crippen LogP contribution in [0.1, 0.15) is 10.4 Å². The van der Waals surface area contributed by atoms with Crippen LogP contribution < -0.4 is 10.2 Å². The van der Waals surface area contributed by atoms with Gasteiger partial charge in [-0.05, 0) is 36.4 Å². The molecule has 0 fully saturated rings. The molecular formula is C23H18F2N4O3. The molecule has 0 saturated carbocycles. The van der Waals surface area contributed by atoms with E-state index in [0.29, 0.717) is 16.9 Å². The summed E-state index contributed by atoms with van der Waals surface area (Å²) in [6.45, 7) is 0. The van der Waals surface area contributed by atoms with Gasteiger partial charge in [-0.3, -0.25) is 14.5 Å². The highest BCUT2D eigenvalue weighted by molar-refractivity contribution is 6.05. The first-order chi connectivity index (χ1) is 15.4. The maximum atomic E-state index is 14.1. The van der Waals surface area contributed by atoms with Gasteiger partial charge in [0.25, 0.3) is 5.91 Å². The lowest BCUT2D eigenvalue weighted by Crippen LogP contribution is -2.27. The Balaban J connectivity index is 1.65. The third-order valence-corrected chi connectivity index (χ3v) is 4.94. The van der Waals surface area contributed by atoms with Gasteiger partial charge in [0.1, 0.15) is 17.3 Å². The minimum Gasteiger partial charge on any atom is -0.453 e. The number of halogens is 2. The number of pyridine rings is 1. The third-order valence-electron chi connectivity index (χ3n) is 4.94. The van der Waals surface area contributed by atoms with E-state index in [-0.39, 0.29) is 5.69 Å². The number of nitrogens with one attached hydrogen (secondary N) is 1. The summed E-state index contributed by atoms with van der Waals surface area (Å²) in [4.78, 5) is 29.8. The molecule has 0 aliphatic rings. The number of hydrogen-bond donors (Lipinski definition) is 1. The van der Waals surface area contributed by atoms with E-state index in [4.69, 9.17) is 0 Å². The van der Waals surface area contributed by atoms with Crippen LogP contribution in [-0.4, -0.2) is 35.5 Å². The Morgan fingerprint density at radius 3 is 2.50 bits per heavy atom. The number of ether oxygens (including phenoxy) is 1. The van der Waals surface area contributed by atoms with Gasteiger partial charge < -0.3 is 9.64 Å². The molecule has 2 aromatic heterocycles. The average molecular weight is 436 g/mol. The van der Waals surface area contributed by atoms with Crippen molar-refractivity contribution in [2.45, 2.75) is 0 Å². The molecular weight excluding hydrogens is 418 g/mol. The largest absolute Gasteiger partial charge is 0.453 e. The van der Waals surface area contributed by atoms with Crippen molar-refractivity contribution in [3.63, 3.8) is 0 Å². The standard InChI is InChI=1S/C23H18F2N4O3/c1-28(19-9-6-16(24)11-18(19)25)22(30)15-5-10-21-26-12-20(29(21)13-15)14-3-7-17(8-4-14)27-23(31)32-2/h3-13H,1-2H3,(H,27,31). The SMILES string of the molecule is COC(=O)Nc1ccc(-c2cnc3ccc(C(=O)N(C)c4ccc(F)cc4F)cn23)cc1. The Bertz CT molecular complexity index is 1320. The second-order valence-electron chi connectivity index (χ2n) is 6.94. The summed E-state index contributed by atoms with van der Waals surface area (Å²) in [7, 11) is 2.70. The summed E-state index contributed by atoms with van der Waals surface area (Å²) in [5, 5.41) is 2.57. The zero-order valence-electron chi connectivity index (χ0n) is 17.2. The molecule has 4 rings (SSSR count). The Morgan fingerprint density at radius 2 is 1.81 bits per heavy atom. The number of carbonyl (C=O) groups is 2. The smallest absolute Gasteiger partial charge is 0.411 e. The zero-order valence-corrected chi connectivity index (χ0v) is 17.2. The molecule has 162 valence electrons. The van der Waals surface area contributed by atoms with Gasteiger partial charge >= 0.3 is 6.09 Å². The van der Waals surface area contributed by atoms with Crippen LogP contribution in [0.25, 0.3) is 16.9 Å². The molecule has 0 atom stereocenters. The van der Waals surface area contributed by atoms with Crippen LogP contribution in [-0.2, 0) is 4.74 Å². The second kappa shape index (κ2) is 8.46. The Kier molecular flexibility index (Phi) is 5.55.